The zero-order valence-electron chi connectivity index (χ0n) is 12.0. The lowest BCUT2D eigenvalue weighted by molar-refractivity contribution is 0.588. The van der Waals surface area contributed by atoms with Crippen molar-refractivity contribution in [3.05, 3.63) is 77.9 Å². The molecule has 0 spiro atoms. The van der Waals surface area contributed by atoms with Crippen molar-refractivity contribution in [2.24, 2.45) is 0 Å². The maximum absolute atomic E-state index is 3.95. The molecule has 3 rings (SSSR count). The highest BCUT2D eigenvalue weighted by Gasteiger charge is 2.26. The summed E-state index contributed by atoms with van der Waals surface area (Å²) in [5, 5.41) is 0. The third-order valence-corrected chi connectivity index (χ3v) is 4.14. The van der Waals surface area contributed by atoms with Gasteiger partial charge in [0.1, 0.15) is 0 Å². The molecule has 1 aliphatic heterocycles. The predicted octanol–water partition coefficient (Wildman–Crippen LogP) is 4.67. The number of fused-ring (bicyclic) bond motifs is 1. The Hall–Kier alpha value is -2.02. The van der Waals surface area contributed by atoms with Crippen molar-refractivity contribution in [2.75, 3.05) is 11.4 Å². The molecule has 102 valence electrons. The summed E-state index contributed by atoms with van der Waals surface area (Å²) >= 11 is 0. The van der Waals surface area contributed by atoms with Gasteiger partial charge in [0.25, 0.3) is 0 Å². The summed E-state index contributed by atoms with van der Waals surface area (Å²) in [7, 11) is 0. The number of anilines is 1. The molecular weight excluding hydrogens is 242 g/mol. The van der Waals surface area contributed by atoms with Gasteiger partial charge >= 0.3 is 0 Å². The van der Waals surface area contributed by atoms with E-state index in [4.69, 9.17) is 0 Å². The van der Waals surface area contributed by atoms with Crippen LogP contribution in [-0.4, -0.2) is 6.54 Å². The van der Waals surface area contributed by atoms with Crippen LogP contribution in [0, 0.1) is 6.92 Å². The van der Waals surface area contributed by atoms with Crippen LogP contribution in [0.2, 0.25) is 0 Å². The number of rotatable bonds is 3. The number of aryl methyl sites for hydroxylation is 1. The fourth-order valence-electron chi connectivity index (χ4n) is 3.18. The minimum atomic E-state index is 0.416. The molecule has 1 aliphatic rings. The normalized spacial score (nSPS) is 17.6. The monoisotopic (exact) mass is 263 g/mol. The number of benzene rings is 2. The molecule has 2 aromatic carbocycles. The molecule has 1 heterocycles. The molecule has 1 heteroatoms. The molecule has 0 aliphatic carbocycles. The van der Waals surface area contributed by atoms with Crippen molar-refractivity contribution in [1.29, 1.82) is 0 Å². The fraction of sp³-hybridized carbons (Fsp3) is 0.263. The van der Waals surface area contributed by atoms with Gasteiger partial charge in [-0.25, -0.2) is 0 Å². The quantitative estimate of drug-likeness (QED) is 0.727. The van der Waals surface area contributed by atoms with Gasteiger partial charge in [0, 0.05) is 12.2 Å². The number of hydrogen-bond donors (Lipinski definition) is 0. The van der Waals surface area contributed by atoms with Gasteiger partial charge in [-0.05, 0) is 48.6 Å². The molecule has 0 fully saturated rings. The van der Waals surface area contributed by atoms with Crippen molar-refractivity contribution >= 4 is 5.69 Å². The van der Waals surface area contributed by atoms with Gasteiger partial charge in [-0.1, -0.05) is 42.5 Å². The average Bonchev–Trinajstić information content (AvgIpc) is 2.48. The SMILES string of the molecule is C=CCC1c2ccccc2CCN1c1cccc(C)c1. The number of hydrogen-bond acceptors (Lipinski definition) is 1. The van der Waals surface area contributed by atoms with E-state index in [1.807, 2.05) is 6.08 Å². The Morgan fingerprint density at radius 1 is 1.20 bits per heavy atom. The molecule has 2 aromatic rings. The minimum absolute atomic E-state index is 0.416. The summed E-state index contributed by atoms with van der Waals surface area (Å²) in [5.74, 6) is 0. The van der Waals surface area contributed by atoms with E-state index >= 15 is 0 Å². The fourth-order valence-corrected chi connectivity index (χ4v) is 3.18. The molecule has 20 heavy (non-hydrogen) atoms. The van der Waals surface area contributed by atoms with E-state index in [0.29, 0.717) is 6.04 Å². The lowest BCUT2D eigenvalue weighted by Gasteiger charge is -2.39. The topological polar surface area (TPSA) is 3.24 Å². The Balaban J connectivity index is 2.02. The summed E-state index contributed by atoms with van der Waals surface area (Å²) in [6.07, 6.45) is 4.15. The van der Waals surface area contributed by atoms with Crippen LogP contribution in [0.1, 0.15) is 29.2 Å². The van der Waals surface area contributed by atoms with E-state index in [9.17, 15) is 0 Å². The Bertz CT molecular complexity index is 615. The molecule has 0 bridgehead atoms. The molecule has 1 nitrogen and oxygen atoms in total. The first kappa shape index (κ1) is 13.0. The van der Waals surface area contributed by atoms with E-state index < -0.39 is 0 Å². The maximum Gasteiger partial charge on any atom is 0.0579 e. The van der Waals surface area contributed by atoms with Crippen LogP contribution in [-0.2, 0) is 6.42 Å². The molecule has 0 N–H and O–H groups in total. The van der Waals surface area contributed by atoms with Gasteiger partial charge in [0.2, 0.25) is 0 Å². The highest BCUT2D eigenvalue weighted by molar-refractivity contribution is 5.53. The largest absolute Gasteiger partial charge is 0.364 e. The first-order valence-corrected chi connectivity index (χ1v) is 7.31. The van der Waals surface area contributed by atoms with Crippen LogP contribution in [0.5, 0.6) is 0 Å². The number of nitrogens with zero attached hydrogens (tertiary/aromatic N) is 1. The van der Waals surface area contributed by atoms with E-state index in [1.54, 1.807) is 0 Å². The first-order valence-electron chi connectivity index (χ1n) is 7.31. The predicted molar refractivity (Wildman–Crippen MR) is 86.2 cm³/mol. The molecule has 1 atom stereocenters. The lowest BCUT2D eigenvalue weighted by Crippen LogP contribution is -2.35. The summed E-state index contributed by atoms with van der Waals surface area (Å²) < 4.78 is 0. The Morgan fingerprint density at radius 2 is 2.05 bits per heavy atom. The summed E-state index contributed by atoms with van der Waals surface area (Å²) in [6.45, 7) is 7.19. The van der Waals surface area contributed by atoms with E-state index in [2.05, 4.69) is 66.9 Å². The standard InChI is InChI=1S/C19H21N/c1-3-7-19-18-11-5-4-9-16(18)12-13-20(19)17-10-6-8-15(2)14-17/h3-6,8-11,14,19H,1,7,12-13H2,2H3. The molecule has 1 unspecified atom stereocenters. The van der Waals surface area contributed by atoms with E-state index in [1.165, 1.54) is 22.4 Å². The third kappa shape index (κ3) is 2.36. The van der Waals surface area contributed by atoms with Crippen LogP contribution < -0.4 is 4.90 Å². The van der Waals surface area contributed by atoms with Gasteiger partial charge in [-0.3, -0.25) is 0 Å². The smallest absolute Gasteiger partial charge is 0.0579 e. The first-order chi connectivity index (χ1) is 9.79. The molecular formula is C19H21N. The second-order valence-corrected chi connectivity index (χ2v) is 5.52. The van der Waals surface area contributed by atoms with Crippen molar-refractivity contribution in [1.82, 2.24) is 0 Å². The maximum atomic E-state index is 3.95. The minimum Gasteiger partial charge on any atom is -0.364 e. The van der Waals surface area contributed by atoms with Crippen LogP contribution in [0.25, 0.3) is 0 Å². The van der Waals surface area contributed by atoms with Gasteiger partial charge in [-0.15, -0.1) is 6.58 Å². The van der Waals surface area contributed by atoms with Gasteiger partial charge < -0.3 is 4.90 Å². The highest BCUT2D eigenvalue weighted by atomic mass is 15.2. The van der Waals surface area contributed by atoms with Crippen molar-refractivity contribution < 1.29 is 0 Å². The molecule has 0 saturated carbocycles. The Labute approximate surface area is 121 Å². The molecule has 0 aromatic heterocycles. The molecule has 0 saturated heterocycles. The van der Waals surface area contributed by atoms with Gasteiger partial charge in [0.15, 0.2) is 0 Å². The highest BCUT2D eigenvalue weighted by Crippen LogP contribution is 2.36. The van der Waals surface area contributed by atoms with Crippen LogP contribution >= 0.6 is 0 Å². The van der Waals surface area contributed by atoms with Gasteiger partial charge in [-0.2, -0.15) is 0 Å². The third-order valence-electron chi connectivity index (χ3n) is 4.14. The second-order valence-electron chi connectivity index (χ2n) is 5.52. The van der Waals surface area contributed by atoms with Crippen molar-refractivity contribution in [2.45, 2.75) is 25.8 Å². The van der Waals surface area contributed by atoms with Crippen molar-refractivity contribution in [3.63, 3.8) is 0 Å². The lowest BCUT2D eigenvalue weighted by atomic mass is 9.90. The summed E-state index contributed by atoms with van der Waals surface area (Å²) in [5.41, 5.74) is 5.59. The zero-order valence-corrected chi connectivity index (χ0v) is 12.0. The molecule has 0 amide bonds. The van der Waals surface area contributed by atoms with E-state index in [-0.39, 0.29) is 0 Å². The molecule has 0 radical (unpaired) electrons. The van der Waals surface area contributed by atoms with Crippen molar-refractivity contribution in [3.8, 4) is 0 Å². The Morgan fingerprint density at radius 3 is 2.85 bits per heavy atom. The van der Waals surface area contributed by atoms with E-state index in [0.717, 1.165) is 19.4 Å². The summed E-state index contributed by atoms with van der Waals surface area (Å²) in [6, 6.07) is 18.0. The second kappa shape index (κ2) is 5.54. The zero-order chi connectivity index (χ0) is 13.9. The summed E-state index contributed by atoms with van der Waals surface area (Å²) in [4.78, 5) is 2.52. The van der Waals surface area contributed by atoms with Crippen LogP contribution in [0.15, 0.2) is 61.2 Å². The van der Waals surface area contributed by atoms with Crippen LogP contribution in [0.4, 0.5) is 5.69 Å². The Kier molecular flexibility index (Phi) is 3.60. The average molecular weight is 263 g/mol. The van der Waals surface area contributed by atoms with Gasteiger partial charge in [0.05, 0.1) is 6.04 Å². The van der Waals surface area contributed by atoms with Crippen LogP contribution in [0.3, 0.4) is 0 Å².